The molecule has 2 atom stereocenters. The summed E-state index contributed by atoms with van der Waals surface area (Å²) in [4.78, 5) is 2.48. The molecule has 1 aliphatic rings. The number of rotatable bonds is 6. The Bertz CT molecular complexity index is 456. The molecule has 1 aromatic rings. The van der Waals surface area contributed by atoms with Crippen LogP contribution < -0.4 is 5.32 Å². The van der Waals surface area contributed by atoms with Gasteiger partial charge in [-0.25, -0.2) is 0 Å². The maximum absolute atomic E-state index is 6.35. The number of benzene rings is 1. The van der Waals surface area contributed by atoms with E-state index >= 15 is 0 Å². The lowest BCUT2D eigenvalue weighted by Gasteiger charge is -2.38. The maximum Gasteiger partial charge on any atom is 0.0453 e. The predicted molar refractivity (Wildman–Crippen MR) is 96.0 cm³/mol. The highest BCUT2D eigenvalue weighted by Gasteiger charge is 2.28. The Morgan fingerprint density at radius 2 is 2.24 bits per heavy atom. The summed E-state index contributed by atoms with van der Waals surface area (Å²) in [5.41, 5.74) is 1.18. The summed E-state index contributed by atoms with van der Waals surface area (Å²) >= 11 is 14.4. The largest absolute Gasteiger partial charge is 0.312 e. The minimum Gasteiger partial charge on any atom is -0.312 e. The number of thioether (sulfide) groups is 1. The summed E-state index contributed by atoms with van der Waals surface area (Å²) in [6.45, 7) is 4.41. The fraction of sp³-hybridized carbons (Fsp3) is 0.625. The van der Waals surface area contributed by atoms with Crippen molar-refractivity contribution in [2.24, 2.45) is 0 Å². The van der Waals surface area contributed by atoms with Crippen LogP contribution in [0.5, 0.6) is 0 Å². The van der Waals surface area contributed by atoms with Gasteiger partial charge in [0.25, 0.3) is 0 Å². The van der Waals surface area contributed by atoms with Crippen molar-refractivity contribution in [1.82, 2.24) is 10.2 Å². The van der Waals surface area contributed by atoms with Crippen LogP contribution in [0.2, 0.25) is 10.0 Å². The number of hydrogen-bond acceptors (Lipinski definition) is 3. The van der Waals surface area contributed by atoms with E-state index in [0.29, 0.717) is 17.1 Å². The van der Waals surface area contributed by atoms with Crippen molar-refractivity contribution >= 4 is 35.0 Å². The number of hydrogen-bond donors (Lipinski definition) is 1. The summed E-state index contributed by atoms with van der Waals surface area (Å²) in [5.74, 6) is 2.41. The first-order valence-electron chi connectivity index (χ1n) is 7.57. The van der Waals surface area contributed by atoms with Gasteiger partial charge < -0.3 is 10.2 Å². The smallest absolute Gasteiger partial charge is 0.0453 e. The monoisotopic (exact) mass is 346 g/mol. The van der Waals surface area contributed by atoms with E-state index in [-0.39, 0.29) is 0 Å². The molecule has 118 valence electrons. The number of nitrogens with one attached hydrogen (secondary N) is 1. The first-order chi connectivity index (χ1) is 10.1. The van der Waals surface area contributed by atoms with Crippen molar-refractivity contribution in [1.29, 1.82) is 0 Å². The Morgan fingerprint density at radius 1 is 1.43 bits per heavy atom. The molecule has 1 heterocycles. The van der Waals surface area contributed by atoms with E-state index in [1.807, 2.05) is 23.9 Å². The van der Waals surface area contributed by atoms with E-state index in [2.05, 4.69) is 30.3 Å². The van der Waals surface area contributed by atoms with Gasteiger partial charge in [0.15, 0.2) is 0 Å². The molecule has 1 aromatic carbocycles. The van der Waals surface area contributed by atoms with Crippen LogP contribution in [0.25, 0.3) is 0 Å². The second-order valence-electron chi connectivity index (χ2n) is 5.62. The van der Waals surface area contributed by atoms with E-state index < -0.39 is 0 Å². The van der Waals surface area contributed by atoms with Crippen LogP contribution in [-0.2, 0) is 6.42 Å². The highest BCUT2D eigenvalue weighted by atomic mass is 35.5. The zero-order valence-electron chi connectivity index (χ0n) is 12.7. The Balaban J connectivity index is 2.11. The van der Waals surface area contributed by atoms with Gasteiger partial charge in [-0.2, -0.15) is 11.8 Å². The van der Waals surface area contributed by atoms with Crippen molar-refractivity contribution in [3.8, 4) is 0 Å². The molecule has 2 nitrogen and oxygen atoms in total. The molecule has 1 saturated heterocycles. The summed E-state index contributed by atoms with van der Waals surface area (Å²) in [6.07, 6.45) is 2.10. The Kier molecular flexibility index (Phi) is 7.17. The van der Waals surface area contributed by atoms with Gasteiger partial charge in [-0.3, -0.25) is 0 Å². The molecule has 0 aliphatic carbocycles. The molecule has 1 fully saturated rings. The van der Waals surface area contributed by atoms with Crippen molar-refractivity contribution in [3.63, 3.8) is 0 Å². The molecule has 0 bridgehead atoms. The molecule has 2 unspecified atom stereocenters. The topological polar surface area (TPSA) is 15.3 Å². The van der Waals surface area contributed by atoms with E-state index in [4.69, 9.17) is 23.2 Å². The van der Waals surface area contributed by atoms with Crippen LogP contribution >= 0.6 is 35.0 Å². The van der Waals surface area contributed by atoms with Crippen LogP contribution in [0, 0.1) is 0 Å². The zero-order chi connectivity index (χ0) is 15.2. The van der Waals surface area contributed by atoms with Crippen molar-refractivity contribution < 1.29 is 0 Å². The van der Waals surface area contributed by atoms with Crippen molar-refractivity contribution in [2.45, 2.75) is 31.8 Å². The van der Waals surface area contributed by atoms with Crippen LogP contribution in [-0.4, -0.2) is 48.6 Å². The molecule has 0 saturated carbocycles. The normalized spacial score (nSPS) is 21.4. The third-order valence-electron chi connectivity index (χ3n) is 4.02. The average Bonchev–Trinajstić information content (AvgIpc) is 2.46. The number of likely N-dealkylation sites (N-methyl/N-ethyl adjacent to an activating group) is 1. The molecular weight excluding hydrogens is 323 g/mol. The Labute approximate surface area is 142 Å². The molecule has 0 radical (unpaired) electrons. The van der Waals surface area contributed by atoms with E-state index in [1.54, 1.807) is 0 Å². The van der Waals surface area contributed by atoms with Crippen molar-refractivity contribution in [2.75, 3.05) is 31.6 Å². The highest BCUT2D eigenvalue weighted by molar-refractivity contribution is 7.99. The third-order valence-corrected chi connectivity index (χ3v) is 5.65. The minimum absolute atomic E-state index is 0.432. The molecule has 1 N–H and O–H groups in total. The van der Waals surface area contributed by atoms with E-state index in [9.17, 15) is 0 Å². The molecule has 0 spiro atoms. The van der Waals surface area contributed by atoms with Crippen LogP contribution in [0.1, 0.15) is 18.9 Å². The number of nitrogens with zero attached hydrogens (tertiary/aromatic N) is 1. The molecule has 5 heteroatoms. The van der Waals surface area contributed by atoms with Gasteiger partial charge in [-0.15, -0.1) is 0 Å². The maximum atomic E-state index is 6.35. The Morgan fingerprint density at radius 3 is 2.90 bits per heavy atom. The second-order valence-corrected chi connectivity index (χ2v) is 7.62. The molecule has 0 aromatic heterocycles. The van der Waals surface area contributed by atoms with Gasteiger partial charge in [0.1, 0.15) is 0 Å². The van der Waals surface area contributed by atoms with Crippen LogP contribution in [0.4, 0.5) is 0 Å². The van der Waals surface area contributed by atoms with E-state index in [0.717, 1.165) is 31.0 Å². The number of halogens is 2. The minimum atomic E-state index is 0.432. The molecular formula is C16H24Cl2N2S. The summed E-state index contributed by atoms with van der Waals surface area (Å²) in [5, 5.41) is 5.19. The summed E-state index contributed by atoms with van der Waals surface area (Å²) < 4.78 is 0. The van der Waals surface area contributed by atoms with E-state index in [1.165, 1.54) is 17.1 Å². The van der Waals surface area contributed by atoms with Gasteiger partial charge >= 0.3 is 0 Å². The van der Waals surface area contributed by atoms with Gasteiger partial charge in [-0.05, 0) is 44.1 Å². The first kappa shape index (κ1) is 17.4. The Hall–Kier alpha value is 0.0700. The quantitative estimate of drug-likeness (QED) is 0.839. The average molecular weight is 347 g/mol. The zero-order valence-corrected chi connectivity index (χ0v) is 15.1. The lowest BCUT2D eigenvalue weighted by atomic mass is 9.99. The third kappa shape index (κ3) is 5.04. The summed E-state index contributed by atoms with van der Waals surface area (Å²) in [6, 6.07) is 6.82. The SMILES string of the molecule is CCCNC(Cc1ccc(Cl)cc1Cl)C1CSCCN1C. The summed E-state index contributed by atoms with van der Waals surface area (Å²) in [7, 11) is 2.23. The van der Waals surface area contributed by atoms with Crippen molar-refractivity contribution in [3.05, 3.63) is 33.8 Å². The predicted octanol–water partition coefficient (Wildman–Crippen LogP) is 3.95. The molecule has 0 amide bonds. The highest BCUT2D eigenvalue weighted by Crippen LogP contribution is 2.25. The molecule has 21 heavy (non-hydrogen) atoms. The fourth-order valence-corrected chi connectivity index (χ4v) is 4.52. The first-order valence-corrected chi connectivity index (χ1v) is 9.48. The van der Waals surface area contributed by atoms with Gasteiger partial charge in [-0.1, -0.05) is 36.2 Å². The second kappa shape index (κ2) is 8.64. The van der Waals surface area contributed by atoms with Gasteiger partial charge in [0.05, 0.1) is 0 Å². The molecule has 1 aliphatic heterocycles. The fourth-order valence-electron chi connectivity index (χ4n) is 2.73. The van der Waals surface area contributed by atoms with Crippen LogP contribution in [0.3, 0.4) is 0 Å². The standard InChI is InChI=1S/C16H24Cl2N2S/c1-3-6-19-15(16-11-21-8-7-20(16)2)9-12-4-5-13(17)10-14(12)18/h4-5,10,15-16,19H,3,6-9,11H2,1-2H3. The lowest BCUT2D eigenvalue weighted by molar-refractivity contribution is 0.213. The van der Waals surface area contributed by atoms with Crippen LogP contribution in [0.15, 0.2) is 18.2 Å². The van der Waals surface area contributed by atoms with Gasteiger partial charge in [0.2, 0.25) is 0 Å². The van der Waals surface area contributed by atoms with Gasteiger partial charge in [0, 0.05) is 40.2 Å². The molecule has 2 rings (SSSR count). The lowest BCUT2D eigenvalue weighted by Crippen LogP contribution is -2.53.